The monoisotopic (exact) mass is 494 g/mol. The van der Waals surface area contributed by atoms with E-state index < -0.39 is 0 Å². The van der Waals surface area contributed by atoms with Crippen molar-refractivity contribution in [3.63, 3.8) is 0 Å². The second-order valence-electron chi connectivity index (χ2n) is 10.5. The van der Waals surface area contributed by atoms with Crippen molar-refractivity contribution in [2.24, 2.45) is 0 Å². The van der Waals surface area contributed by atoms with E-state index in [1.807, 2.05) is 0 Å². The fourth-order valence-corrected chi connectivity index (χ4v) is 6.61. The highest BCUT2D eigenvalue weighted by Crippen LogP contribution is 2.51. The maximum Gasteiger partial charge on any atom is 0.143 e. The molecule has 39 heavy (non-hydrogen) atoms. The van der Waals surface area contributed by atoms with Gasteiger partial charge < -0.3 is 4.74 Å². The van der Waals surface area contributed by atoms with Crippen LogP contribution in [-0.4, -0.2) is 0 Å². The first kappa shape index (κ1) is 20.9. The number of fused-ring (bicyclic) bond motifs is 8. The van der Waals surface area contributed by atoms with Crippen LogP contribution in [-0.2, 0) is 0 Å². The Balaban J connectivity index is 1.32. The molecule has 0 fully saturated rings. The summed E-state index contributed by atoms with van der Waals surface area (Å²) in [5.41, 5.74) is 4.86. The molecule has 0 amide bonds. The Bertz CT molecular complexity index is 2310. The van der Waals surface area contributed by atoms with Crippen LogP contribution >= 0.6 is 0 Å². The highest BCUT2D eigenvalue weighted by molar-refractivity contribution is 6.17. The molecule has 0 bridgehead atoms. The summed E-state index contributed by atoms with van der Waals surface area (Å²) in [4.78, 5) is 0. The molecule has 1 aliphatic heterocycles. The van der Waals surface area contributed by atoms with Gasteiger partial charge in [-0.3, -0.25) is 0 Å². The van der Waals surface area contributed by atoms with Crippen LogP contribution in [0, 0.1) is 0 Å². The van der Waals surface area contributed by atoms with Crippen LogP contribution < -0.4 is 4.74 Å². The van der Waals surface area contributed by atoms with E-state index in [1.54, 1.807) is 0 Å². The van der Waals surface area contributed by atoms with Crippen LogP contribution in [0.4, 0.5) is 0 Å². The van der Waals surface area contributed by atoms with Gasteiger partial charge in [0.15, 0.2) is 0 Å². The minimum absolute atomic E-state index is 0.922. The molecule has 0 saturated heterocycles. The molecular weight excluding hydrogens is 472 g/mol. The maximum atomic E-state index is 6.64. The lowest BCUT2D eigenvalue weighted by Gasteiger charge is -2.24. The van der Waals surface area contributed by atoms with Gasteiger partial charge in [-0.2, -0.15) is 0 Å². The van der Waals surface area contributed by atoms with E-state index in [-0.39, 0.29) is 0 Å². The number of benzene rings is 8. The minimum Gasteiger partial charge on any atom is -0.455 e. The average molecular weight is 495 g/mol. The summed E-state index contributed by atoms with van der Waals surface area (Å²) in [6.45, 7) is 0. The van der Waals surface area contributed by atoms with Gasteiger partial charge in [0, 0.05) is 16.3 Å². The molecule has 1 aliphatic rings. The molecule has 0 aliphatic carbocycles. The van der Waals surface area contributed by atoms with Gasteiger partial charge in [-0.15, -0.1) is 0 Å². The Morgan fingerprint density at radius 2 is 0.923 bits per heavy atom. The van der Waals surface area contributed by atoms with Crippen LogP contribution in [0.5, 0.6) is 11.5 Å². The van der Waals surface area contributed by atoms with E-state index in [2.05, 4.69) is 133 Å². The fraction of sp³-hybridized carbons (Fsp3) is 0. The van der Waals surface area contributed by atoms with Crippen LogP contribution in [0.15, 0.2) is 133 Å². The molecule has 1 heterocycles. The van der Waals surface area contributed by atoms with Crippen molar-refractivity contribution < 1.29 is 4.74 Å². The molecule has 1 heteroatoms. The third-order valence-electron chi connectivity index (χ3n) is 8.42. The van der Waals surface area contributed by atoms with Gasteiger partial charge >= 0.3 is 0 Å². The largest absolute Gasteiger partial charge is 0.455 e. The maximum absolute atomic E-state index is 6.64. The van der Waals surface area contributed by atoms with E-state index in [0.29, 0.717) is 0 Å². The summed E-state index contributed by atoms with van der Waals surface area (Å²) in [5.74, 6) is 1.87. The fourth-order valence-electron chi connectivity index (χ4n) is 6.61. The van der Waals surface area contributed by atoms with Crippen molar-refractivity contribution in [3.05, 3.63) is 133 Å². The smallest absolute Gasteiger partial charge is 0.143 e. The first-order valence-corrected chi connectivity index (χ1v) is 13.4. The second kappa shape index (κ2) is 7.69. The first-order chi connectivity index (χ1) is 19.3. The topological polar surface area (TPSA) is 9.23 Å². The zero-order chi connectivity index (χ0) is 25.5. The van der Waals surface area contributed by atoms with Gasteiger partial charge in [0.05, 0.1) is 0 Å². The lowest BCUT2D eigenvalue weighted by molar-refractivity contribution is 0.493. The van der Waals surface area contributed by atoms with E-state index in [0.717, 1.165) is 22.4 Å². The predicted molar refractivity (Wildman–Crippen MR) is 165 cm³/mol. The van der Waals surface area contributed by atoms with Gasteiger partial charge in [0.25, 0.3) is 0 Å². The minimum atomic E-state index is 0.922. The van der Waals surface area contributed by atoms with E-state index in [4.69, 9.17) is 4.74 Å². The van der Waals surface area contributed by atoms with E-state index in [9.17, 15) is 0 Å². The Morgan fingerprint density at radius 1 is 0.333 bits per heavy atom. The normalized spacial score (nSPS) is 12.3. The molecule has 0 spiro atoms. The van der Waals surface area contributed by atoms with Crippen molar-refractivity contribution >= 4 is 53.9 Å². The third-order valence-corrected chi connectivity index (χ3v) is 8.42. The molecule has 0 atom stereocenters. The summed E-state index contributed by atoms with van der Waals surface area (Å²) in [7, 11) is 0. The molecule has 0 N–H and O–H groups in total. The summed E-state index contributed by atoms with van der Waals surface area (Å²) in [6.07, 6.45) is 0. The van der Waals surface area contributed by atoms with Gasteiger partial charge in [0.1, 0.15) is 11.5 Å². The van der Waals surface area contributed by atoms with Crippen LogP contribution in [0.3, 0.4) is 0 Å². The molecular formula is C38H22O. The standard InChI is InChI=1S/C38H22O/c1-3-10-27-23(7-1)15-16-26-22-35-25(21-34(26)27)9-5-12-29(35)30-19-20-36-37-31(30)13-6-14-32(37)33-18-17-24-8-2-4-11-28(24)38(33)39-36/h1-22H. The SMILES string of the molecule is c1cc(-c2ccc3c4c(cccc24)-c2ccc4ccccc4c2O3)c2cc3ccc4ccccc4c3cc2c1. The highest BCUT2D eigenvalue weighted by atomic mass is 16.5. The van der Waals surface area contributed by atoms with Crippen molar-refractivity contribution in [2.75, 3.05) is 0 Å². The number of hydrogen-bond acceptors (Lipinski definition) is 1. The number of hydrogen-bond donors (Lipinski definition) is 0. The van der Waals surface area contributed by atoms with E-state index in [1.165, 1.54) is 65.2 Å². The summed E-state index contributed by atoms with van der Waals surface area (Å²) >= 11 is 0. The molecule has 180 valence electrons. The van der Waals surface area contributed by atoms with Crippen molar-refractivity contribution in [3.8, 4) is 33.8 Å². The van der Waals surface area contributed by atoms with Gasteiger partial charge in [-0.1, -0.05) is 109 Å². The molecule has 1 nitrogen and oxygen atoms in total. The van der Waals surface area contributed by atoms with Crippen molar-refractivity contribution in [2.45, 2.75) is 0 Å². The van der Waals surface area contributed by atoms with Crippen molar-refractivity contribution in [1.29, 1.82) is 0 Å². The van der Waals surface area contributed by atoms with Gasteiger partial charge in [-0.05, 0) is 84.0 Å². The Morgan fingerprint density at radius 3 is 1.85 bits per heavy atom. The summed E-state index contributed by atoms with van der Waals surface area (Å²) in [6, 6.07) is 48.4. The van der Waals surface area contributed by atoms with Crippen LogP contribution in [0.2, 0.25) is 0 Å². The molecule has 0 radical (unpaired) electrons. The Hall–Kier alpha value is -5.14. The predicted octanol–water partition coefficient (Wildman–Crippen LogP) is 10.9. The highest BCUT2D eigenvalue weighted by Gasteiger charge is 2.23. The number of rotatable bonds is 1. The lowest BCUT2D eigenvalue weighted by Crippen LogP contribution is -1.99. The molecule has 0 saturated carbocycles. The van der Waals surface area contributed by atoms with E-state index >= 15 is 0 Å². The molecule has 8 aromatic rings. The lowest BCUT2D eigenvalue weighted by atomic mass is 9.87. The van der Waals surface area contributed by atoms with Gasteiger partial charge in [-0.25, -0.2) is 0 Å². The Labute approximate surface area is 225 Å². The summed E-state index contributed by atoms with van der Waals surface area (Å²) < 4.78 is 6.64. The Kier molecular flexibility index (Phi) is 4.11. The quantitative estimate of drug-likeness (QED) is 0.163. The first-order valence-electron chi connectivity index (χ1n) is 13.4. The zero-order valence-electron chi connectivity index (χ0n) is 21.1. The molecule has 0 aromatic heterocycles. The summed E-state index contributed by atoms with van der Waals surface area (Å²) in [5, 5.41) is 12.4. The zero-order valence-corrected chi connectivity index (χ0v) is 21.1. The average Bonchev–Trinajstić information content (AvgIpc) is 3.00. The molecule has 8 aromatic carbocycles. The molecule has 9 rings (SSSR count). The van der Waals surface area contributed by atoms with Gasteiger partial charge in [0.2, 0.25) is 0 Å². The number of ether oxygens (including phenoxy) is 1. The molecule has 0 unspecified atom stereocenters. The third kappa shape index (κ3) is 2.90. The van der Waals surface area contributed by atoms with Crippen LogP contribution in [0.25, 0.3) is 76.1 Å². The second-order valence-corrected chi connectivity index (χ2v) is 10.5. The van der Waals surface area contributed by atoms with Crippen molar-refractivity contribution in [1.82, 2.24) is 0 Å². The van der Waals surface area contributed by atoms with Crippen LogP contribution in [0.1, 0.15) is 0 Å².